The second kappa shape index (κ2) is 6.10. The number of fused-ring (bicyclic) bond motifs is 1. The van der Waals surface area contributed by atoms with E-state index in [9.17, 15) is 4.79 Å². The second-order valence-electron chi connectivity index (χ2n) is 5.32. The molecule has 2 aromatic rings. The van der Waals surface area contributed by atoms with Gasteiger partial charge in [-0.05, 0) is 37.6 Å². The van der Waals surface area contributed by atoms with Crippen molar-refractivity contribution in [3.63, 3.8) is 0 Å². The van der Waals surface area contributed by atoms with Gasteiger partial charge in [-0.3, -0.25) is 15.1 Å². The van der Waals surface area contributed by atoms with Crippen molar-refractivity contribution in [2.75, 3.05) is 14.2 Å². The van der Waals surface area contributed by atoms with Gasteiger partial charge >= 0.3 is 5.97 Å². The molecule has 0 saturated heterocycles. The summed E-state index contributed by atoms with van der Waals surface area (Å²) in [7, 11) is 3.02. The highest BCUT2D eigenvalue weighted by molar-refractivity contribution is 5.83. The number of aromatic nitrogens is 1. The molecule has 1 heterocycles. The summed E-state index contributed by atoms with van der Waals surface area (Å²) in [6, 6.07) is 7.71. The highest BCUT2D eigenvalue weighted by Crippen LogP contribution is 2.22. The third-order valence-electron chi connectivity index (χ3n) is 3.46. The molecule has 0 aliphatic heterocycles. The zero-order valence-electron chi connectivity index (χ0n) is 12.8. The molecule has 0 aliphatic rings. The highest BCUT2D eigenvalue weighted by Gasteiger charge is 2.27. The minimum Gasteiger partial charge on any atom is -0.497 e. The zero-order chi connectivity index (χ0) is 15.5. The lowest BCUT2D eigenvalue weighted by Crippen LogP contribution is -2.46. The van der Waals surface area contributed by atoms with Crippen LogP contribution in [0.4, 0.5) is 0 Å². The molecule has 21 heavy (non-hydrogen) atoms. The van der Waals surface area contributed by atoms with Crippen LogP contribution in [-0.2, 0) is 16.1 Å². The minimum absolute atomic E-state index is 0.289. The number of nitrogens with one attached hydrogen (secondary N) is 1. The SMILES string of the molecule is COC(=O)C(C)(C)NCc1ccnc2cc(OC)ccc12. The Balaban J connectivity index is 2.25. The Kier molecular flexibility index (Phi) is 4.43. The predicted molar refractivity (Wildman–Crippen MR) is 81.2 cm³/mol. The van der Waals surface area contributed by atoms with Crippen molar-refractivity contribution in [2.24, 2.45) is 0 Å². The number of pyridine rings is 1. The van der Waals surface area contributed by atoms with Gasteiger partial charge in [0.05, 0.1) is 19.7 Å². The van der Waals surface area contributed by atoms with Crippen molar-refractivity contribution in [2.45, 2.75) is 25.9 Å². The van der Waals surface area contributed by atoms with Gasteiger partial charge < -0.3 is 9.47 Å². The minimum atomic E-state index is -0.739. The van der Waals surface area contributed by atoms with E-state index in [1.807, 2.05) is 24.3 Å². The Morgan fingerprint density at radius 2 is 2.05 bits per heavy atom. The normalized spacial score (nSPS) is 11.4. The largest absolute Gasteiger partial charge is 0.497 e. The lowest BCUT2D eigenvalue weighted by molar-refractivity contribution is -0.147. The smallest absolute Gasteiger partial charge is 0.325 e. The molecule has 112 valence electrons. The standard InChI is InChI=1S/C16H20N2O3/c1-16(2,15(19)21-4)18-10-11-7-8-17-14-9-12(20-3)5-6-13(11)14/h5-9,18H,10H2,1-4H3. The molecular weight excluding hydrogens is 268 g/mol. The summed E-state index contributed by atoms with van der Waals surface area (Å²) >= 11 is 0. The van der Waals surface area contributed by atoms with Gasteiger partial charge in [-0.1, -0.05) is 0 Å². The van der Waals surface area contributed by atoms with Crippen LogP contribution in [0, 0.1) is 0 Å². The molecule has 5 heteroatoms. The zero-order valence-corrected chi connectivity index (χ0v) is 12.8. The Morgan fingerprint density at radius 3 is 2.71 bits per heavy atom. The molecule has 0 unspecified atom stereocenters. The van der Waals surface area contributed by atoms with E-state index in [-0.39, 0.29) is 5.97 Å². The van der Waals surface area contributed by atoms with Crippen LogP contribution < -0.4 is 10.1 Å². The van der Waals surface area contributed by atoms with E-state index in [4.69, 9.17) is 9.47 Å². The molecule has 0 bridgehead atoms. The first kappa shape index (κ1) is 15.3. The fraction of sp³-hybridized carbons (Fsp3) is 0.375. The van der Waals surface area contributed by atoms with Gasteiger partial charge in [-0.2, -0.15) is 0 Å². The summed E-state index contributed by atoms with van der Waals surface area (Å²) in [6.45, 7) is 4.14. The maximum atomic E-state index is 11.7. The molecule has 1 aromatic carbocycles. The number of hydrogen-bond acceptors (Lipinski definition) is 5. The van der Waals surface area contributed by atoms with E-state index in [2.05, 4.69) is 10.3 Å². The van der Waals surface area contributed by atoms with Gasteiger partial charge in [0.1, 0.15) is 11.3 Å². The fourth-order valence-electron chi connectivity index (χ4n) is 2.11. The predicted octanol–water partition coefficient (Wildman–Crippen LogP) is 2.28. The molecule has 0 saturated carbocycles. The van der Waals surface area contributed by atoms with E-state index in [0.717, 1.165) is 22.2 Å². The fourth-order valence-corrected chi connectivity index (χ4v) is 2.11. The number of carbonyl (C=O) groups excluding carboxylic acids is 1. The second-order valence-corrected chi connectivity index (χ2v) is 5.32. The van der Waals surface area contributed by atoms with E-state index in [1.54, 1.807) is 27.2 Å². The molecule has 0 spiro atoms. The molecule has 1 N–H and O–H groups in total. The molecule has 0 amide bonds. The van der Waals surface area contributed by atoms with Crippen LogP contribution in [0.1, 0.15) is 19.4 Å². The molecular formula is C16H20N2O3. The average molecular weight is 288 g/mol. The van der Waals surface area contributed by atoms with Crippen LogP contribution >= 0.6 is 0 Å². The number of ether oxygens (including phenoxy) is 2. The number of nitrogens with zero attached hydrogens (tertiary/aromatic N) is 1. The molecule has 0 atom stereocenters. The van der Waals surface area contributed by atoms with Gasteiger partial charge in [0.2, 0.25) is 0 Å². The molecule has 0 radical (unpaired) electrons. The highest BCUT2D eigenvalue weighted by atomic mass is 16.5. The van der Waals surface area contributed by atoms with Crippen LogP contribution in [0.5, 0.6) is 5.75 Å². The number of esters is 1. The lowest BCUT2D eigenvalue weighted by atomic mass is 10.0. The summed E-state index contributed by atoms with van der Waals surface area (Å²) in [6.07, 6.45) is 1.75. The Labute approximate surface area is 124 Å². The van der Waals surface area contributed by atoms with Crippen molar-refractivity contribution >= 4 is 16.9 Å². The quantitative estimate of drug-likeness (QED) is 0.855. The maximum absolute atomic E-state index is 11.7. The summed E-state index contributed by atoms with van der Waals surface area (Å²) in [5.41, 5.74) is 1.20. The van der Waals surface area contributed by atoms with Gasteiger partial charge in [0.25, 0.3) is 0 Å². The van der Waals surface area contributed by atoms with Crippen LogP contribution in [-0.4, -0.2) is 30.7 Å². The average Bonchev–Trinajstić information content (AvgIpc) is 2.51. The summed E-state index contributed by atoms with van der Waals surface area (Å²) in [4.78, 5) is 16.0. The molecule has 0 aliphatic carbocycles. The van der Waals surface area contributed by atoms with Gasteiger partial charge in [0.15, 0.2) is 0 Å². The molecule has 5 nitrogen and oxygen atoms in total. The lowest BCUT2D eigenvalue weighted by Gasteiger charge is -2.23. The molecule has 2 rings (SSSR count). The van der Waals surface area contributed by atoms with Crippen molar-refractivity contribution in [1.29, 1.82) is 0 Å². The first-order chi connectivity index (χ1) is 9.97. The van der Waals surface area contributed by atoms with E-state index in [1.165, 1.54) is 7.11 Å². The van der Waals surface area contributed by atoms with Gasteiger partial charge in [-0.15, -0.1) is 0 Å². The van der Waals surface area contributed by atoms with Gasteiger partial charge in [-0.25, -0.2) is 0 Å². The van der Waals surface area contributed by atoms with Crippen molar-refractivity contribution in [3.05, 3.63) is 36.0 Å². The molecule has 0 fully saturated rings. The Bertz CT molecular complexity index is 653. The van der Waals surface area contributed by atoms with Crippen LogP contribution in [0.2, 0.25) is 0 Å². The van der Waals surface area contributed by atoms with Gasteiger partial charge in [0, 0.05) is 24.2 Å². The van der Waals surface area contributed by atoms with E-state index in [0.29, 0.717) is 6.54 Å². The number of methoxy groups -OCH3 is 2. The summed E-state index contributed by atoms with van der Waals surface area (Å²) < 4.78 is 10.00. The number of benzene rings is 1. The van der Waals surface area contributed by atoms with Crippen molar-refractivity contribution in [1.82, 2.24) is 10.3 Å². The van der Waals surface area contributed by atoms with Crippen molar-refractivity contribution < 1.29 is 14.3 Å². The maximum Gasteiger partial charge on any atom is 0.325 e. The van der Waals surface area contributed by atoms with Crippen LogP contribution in [0.25, 0.3) is 10.9 Å². The first-order valence-electron chi connectivity index (χ1n) is 6.73. The van der Waals surface area contributed by atoms with E-state index >= 15 is 0 Å². The summed E-state index contributed by atoms with van der Waals surface area (Å²) in [5.74, 6) is 0.484. The molecule has 1 aromatic heterocycles. The number of hydrogen-bond donors (Lipinski definition) is 1. The first-order valence-corrected chi connectivity index (χ1v) is 6.73. The van der Waals surface area contributed by atoms with Crippen molar-refractivity contribution in [3.8, 4) is 5.75 Å². The van der Waals surface area contributed by atoms with Crippen LogP contribution in [0.3, 0.4) is 0 Å². The van der Waals surface area contributed by atoms with Crippen LogP contribution in [0.15, 0.2) is 30.5 Å². The Hall–Kier alpha value is -2.14. The third kappa shape index (κ3) is 3.31. The number of carbonyl (C=O) groups is 1. The topological polar surface area (TPSA) is 60.5 Å². The Morgan fingerprint density at radius 1 is 1.29 bits per heavy atom. The third-order valence-corrected chi connectivity index (χ3v) is 3.46. The number of rotatable bonds is 5. The monoisotopic (exact) mass is 288 g/mol. The summed E-state index contributed by atoms with van der Waals surface area (Å²) in [5, 5.41) is 4.25. The van der Waals surface area contributed by atoms with E-state index < -0.39 is 5.54 Å².